The Bertz CT molecular complexity index is 746. The summed E-state index contributed by atoms with van der Waals surface area (Å²) in [4.78, 5) is 25.8. The zero-order valence-corrected chi connectivity index (χ0v) is 13.5. The number of carbonyl (C=O) groups is 2. The predicted molar refractivity (Wildman–Crippen MR) is 90.5 cm³/mol. The average molecular weight is 329 g/mol. The second-order valence-corrected chi connectivity index (χ2v) is 5.94. The molecule has 0 saturated carbocycles. The molecule has 0 fully saturated rings. The molecule has 0 aromatic heterocycles. The van der Waals surface area contributed by atoms with Crippen molar-refractivity contribution >= 4 is 29.1 Å². The topological polar surface area (TPSA) is 49.4 Å². The molecule has 2 aromatic carbocycles. The van der Waals surface area contributed by atoms with Gasteiger partial charge in [0.15, 0.2) is 0 Å². The molecule has 0 unspecified atom stereocenters. The van der Waals surface area contributed by atoms with Crippen molar-refractivity contribution < 1.29 is 9.59 Å². The van der Waals surface area contributed by atoms with Crippen LogP contribution in [0.2, 0.25) is 5.02 Å². The summed E-state index contributed by atoms with van der Waals surface area (Å²) in [5.74, 6) is -0.376. The Hall–Kier alpha value is -2.33. The van der Waals surface area contributed by atoms with Crippen molar-refractivity contribution in [2.75, 3.05) is 11.4 Å². The number of halogens is 1. The van der Waals surface area contributed by atoms with Gasteiger partial charge in [-0.15, -0.1) is 0 Å². The minimum atomic E-state index is -0.656. The molecule has 0 bridgehead atoms. The molecule has 1 aliphatic heterocycles. The number of carbonyl (C=O) groups excluding carboxylic acids is 2. The van der Waals surface area contributed by atoms with Crippen molar-refractivity contribution in [3.63, 3.8) is 0 Å². The van der Waals surface area contributed by atoms with Crippen molar-refractivity contribution in [3.05, 3.63) is 64.7 Å². The Morgan fingerprint density at radius 2 is 1.91 bits per heavy atom. The lowest BCUT2D eigenvalue weighted by Crippen LogP contribution is -2.37. The summed E-state index contributed by atoms with van der Waals surface area (Å²) in [5, 5.41) is 3.24. The van der Waals surface area contributed by atoms with Crippen molar-refractivity contribution in [2.24, 2.45) is 0 Å². The summed E-state index contributed by atoms with van der Waals surface area (Å²) in [6.45, 7) is 1.93. The molecule has 0 spiro atoms. The second kappa shape index (κ2) is 6.42. The molecule has 1 heterocycles. The minimum absolute atomic E-state index is 0.140. The van der Waals surface area contributed by atoms with E-state index in [9.17, 15) is 9.59 Å². The molecule has 5 heteroatoms. The smallest absolute Gasteiger partial charge is 0.254 e. The number of nitrogens with zero attached hydrogens (tertiary/aromatic N) is 1. The van der Waals surface area contributed by atoms with Gasteiger partial charge in [0, 0.05) is 19.0 Å². The average Bonchev–Trinajstić information content (AvgIpc) is 2.80. The third kappa shape index (κ3) is 3.08. The number of benzene rings is 2. The molecule has 0 saturated heterocycles. The quantitative estimate of drug-likeness (QED) is 0.937. The molecule has 2 amide bonds. The first-order chi connectivity index (χ1) is 11.1. The normalized spacial score (nSPS) is 16.3. The molecule has 3 rings (SSSR count). The lowest BCUT2D eigenvalue weighted by atomic mass is 10.1. The summed E-state index contributed by atoms with van der Waals surface area (Å²) in [6, 6.07) is 14.7. The zero-order valence-electron chi connectivity index (χ0n) is 12.8. The van der Waals surface area contributed by atoms with E-state index in [1.165, 1.54) is 6.92 Å². The Kier molecular flexibility index (Phi) is 4.35. The van der Waals surface area contributed by atoms with Gasteiger partial charge in [-0.05, 0) is 18.1 Å². The van der Waals surface area contributed by atoms with Gasteiger partial charge in [0.05, 0.1) is 10.7 Å². The van der Waals surface area contributed by atoms with Crippen LogP contribution in [0, 0.1) is 0 Å². The minimum Gasteiger partial charge on any atom is -0.341 e. The highest BCUT2D eigenvalue weighted by Crippen LogP contribution is 2.40. The van der Waals surface area contributed by atoms with Crippen LogP contribution in [0.15, 0.2) is 48.5 Å². The van der Waals surface area contributed by atoms with E-state index in [4.69, 9.17) is 11.6 Å². The highest BCUT2D eigenvalue weighted by atomic mass is 35.5. The van der Waals surface area contributed by atoms with Gasteiger partial charge in [-0.25, -0.2) is 0 Å². The zero-order chi connectivity index (χ0) is 16.4. The highest BCUT2D eigenvalue weighted by molar-refractivity contribution is 6.34. The number of para-hydroxylation sites is 1. The van der Waals surface area contributed by atoms with Crippen LogP contribution in [0.25, 0.3) is 0 Å². The molecule has 0 radical (unpaired) electrons. The van der Waals surface area contributed by atoms with Gasteiger partial charge in [0.1, 0.15) is 6.04 Å². The van der Waals surface area contributed by atoms with Gasteiger partial charge in [0.2, 0.25) is 5.91 Å². The standard InChI is InChI=1S/C18H17ClN2O2/c1-12(22)20-16-14-8-5-9-15(19)17(14)21(18(16)23)11-10-13-6-3-2-4-7-13/h2-9,16H,10-11H2,1H3,(H,20,22)/t16-/m0/s1. The number of hydrogen-bond acceptors (Lipinski definition) is 2. The Balaban J connectivity index is 1.89. The first-order valence-electron chi connectivity index (χ1n) is 7.48. The van der Waals surface area contributed by atoms with Crippen LogP contribution < -0.4 is 10.2 Å². The third-order valence-electron chi connectivity index (χ3n) is 3.93. The molecule has 1 atom stereocenters. The molecule has 4 nitrogen and oxygen atoms in total. The van der Waals surface area contributed by atoms with Crippen molar-refractivity contribution in [1.82, 2.24) is 5.32 Å². The molecular weight excluding hydrogens is 312 g/mol. The molecule has 2 aromatic rings. The summed E-state index contributed by atoms with van der Waals surface area (Å²) in [7, 11) is 0. The lowest BCUT2D eigenvalue weighted by molar-refractivity contribution is -0.126. The van der Waals surface area contributed by atoms with Gasteiger partial charge in [-0.3, -0.25) is 9.59 Å². The van der Waals surface area contributed by atoms with Crippen LogP contribution in [0.4, 0.5) is 5.69 Å². The molecule has 0 aliphatic carbocycles. The number of fused-ring (bicyclic) bond motifs is 1. The monoisotopic (exact) mass is 328 g/mol. The van der Waals surface area contributed by atoms with E-state index >= 15 is 0 Å². The first kappa shape index (κ1) is 15.6. The first-order valence-corrected chi connectivity index (χ1v) is 7.86. The predicted octanol–water partition coefficient (Wildman–Crippen LogP) is 3.11. The highest BCUT2D eigenvalue weighted by Gasteiger charge is 2.38. The summed E-state index contributed by atoms with van der Waals surface area (Å²) >= 11 is 6.31. The maximum Gasteiger partial charge on any atom is 0.254 e. The Morgan fingerprint density at radius 1 is 1.17 bits per heavy atom. The largest absolute Gasteiger partial charge is 0.341 e. The number of amides is 2. The summed E-state index contributed by atoms with van der Waals surface area (Å²) in [6.07, 6.45) is 0.726. The molecule has 1 N–H and O–H groups in total. The lowest BCUT2D eigenvalue weighted by Gasteiger charge is -2.19. The van der Waals surface area contributed by atoms with Crippen LogP contribution in [-0.4, -0.2) is 18.4 Å². The van der Waals surface area contributed by atoms with E-state index in [-0.39, 0.29) is 11.8 Å². The summed E-state index contributed by atoms with van der Waals surface area (Å²) in [5.41, 5.74) is 2.61. The van der Waals surface area contributed by atoms with Crippen molar-refractivity contribution in [1.29, 1.82) is 0 Å². The van der Waals surface area contributed by atoms with E-state index < -0.39 is 6.04 Å². The van der Waals surface area contributed by atoms with Gasteiger partial charge < -0.3 is 10.2 Å². The van der Waals surface area contributed by atoms with Crippen LogP contribution in [0.5, 0.6) is 0 Å². The van der Waals surface area contributed by atoms with Gasteiger partial charge in [-0.1, -0.05) is 54.1 Å². The fourth-order valence-electron chi connectivity index (χ4n) is 2.90. The molecule has 23 heavy (non-hydrogen) atoms. The van der Waals surface area contributed by atoms with Gasteiger partial charge in [0.25, 0.3) is 5.91 Å². The number of hydrogen-bond donors (Lipinski definition) is 1. The van der Waals surface area contributed by atoms with E-state index in [2.05, 4.69) is 5.32 Å². The van der Waals surface area contributed by atoms with Gasteiger partial charge >= 0.3 is 0 Å². The van der Waals surface area contributed by atoms with Crippen LogP contribution in [-0.2, 0) is 16.0 Å². The van der Waals surface area contributed by atoms with Crippen LogP contribution in [0.3, 0.4) is 0 Å². The van der Waals surface area contributed by atoms with Gasteiger partial charge in [-0.2, -0.15) is 0 Å². The molecule has 118 valence electrons. The van der Waals surface area contributed by atoms with Crippen LogP contribution >= 0.6 is 11.6 Å². The number of nitrogens with one attached hydrogen (secondary N) is 1. The van der Waals surface area contributed by atoms with E-state index in [0.717, 1.165) is 17.5 Å². The second-order valence-electron chi connectivity index (χ2n) is 5.54. The Morgan fingerprint density at radius 3 is 2.61 bits per heavy atom. The van der Waals surface area contributed by atoms with Crippen LogP contribution in [0.1, 0.15) is 24.1 Å². The SMILES string of the molecule is CC(=O)N[C@@H]1C(=O)N(CCc2ccccc2)c2c(Cl)cccc21. The fraction of sp³-hybridized carbons (Fsp3) is 0.222. The van der Waals surface area contributed by atoms with E-state index in [1.807, 2.05) is 36.4 Å². The van der Waals surface area contributed by atoms with E-state index in [0.29, 0.717) is 17.3 Å². The van der Waals surface area contributed by atoms with Crippen molar-refractivity contribution in [2.45, 2.75) is 19.4 Å². The molecule has 1 aliphatic rings. The maximum absolute atomic E-state index is 12.7. The fourth-order valence-corrected chi connectivity index (χ4v) is 3.18. The maximum atomic E-state index is 12.7. The Labute approximate surface area is 140 Å². The summed E-state index contributed by atoms with van der Waals surface area (Å²) < 4.78 is 0. The van der Waals surface area contributed by atoms with E-state index in [1.54, 1.807) is 17.0 Å². The third-order valence-corrected chi connectivity index (χ3v) is 4.23. The van der Waals surface area contributed by atoms with Crippen molar-refractivity contribution in [3.8, 4) is 0 Å². The molecular formula is C18H17ClN2O2. The number of anilines is 1. The number of rotatable bonds is 4.